The van der Waals surface area contributed by atoms with Crippen molar-refractivity contribution >= 4 is 11.0 Å². The summed E-state index contributed by atoms with van der Waals surface area (Å²) in [6.07, 6.45) is 2.20. The predicted molar refractivity (Wildman–Crippen MR) is 54.1 cm³/mol. The Morgan fingerprint density at radius 2 is 2.43 bits per heavy atom. The third-order valence-electron chi connectivity index (χ3n) is 2.22. The van der Waals surface area contributed by atoms with E-state index in [2.05, 4.69) is 9.97 Å². The van der Waals surface area contributed by atoms with Crippen molar-refractivity contribution in [1.82, 2.24) is 9.97 Å². The molecule has 14 heavy (non-hydrogen) atoms. The minimum atomic E-state index is -0.228. The number of aromatic amines is 1. The average Bonchev–Trinajstić information content (AvgIpc) is 2.55. The van der Waals surface area contributed by atoms with Gasteiger partial charge in [0.05, 0.1) is 24.4 Å². The Morgan fingerprint density at radius 1 is 1.64 bits per heavy atom. The zero-order valence-electron chi connectivity index (χ0n) is 8.10. The number of hydrogen-bond donors (Lipinski definition) is 1. The molecule has 0 amide bonds. The molecule has 2 heterocycles. The number of nitrogens with zero attached hydrogens (tertiary/aromatic N) is 1. The number of hydrogen-bond acceptors (Lipinski definition) is 2. The monoisotopic (exact) mass is 196 g/mol. The number of aryl methyl sites for hydroxylation is 1. The van der Waals surface area contributed by atoms with Gasteiger partial charge < -0.3 is 9.72 Å². The Balaban J connectivity index is 0.00000112. The summed E-state index contributed by atoms with van der Waals surface area (Å²) in [5.41, 5.74) is 1.15. The summed E-state index contributed by atoms with van der Waals surface area (Å²) in [6, 6.07) is 1.65. The van der Waals surface area contributed by atoms with E-state index in [1.54, 1.807) is 12.3 Å². The smallest absolute Gasteiger partial charge is 0.153 e. The van der Waals surface area contributed by atoms with Crippen molar-refractivity contribution in [3.8, 4) is 5.75 Å². The molecule has 1 N–H and O–H groups in total. The maximum absolute atomic E-state index is 13.6. The summed E-state index contributed by atoms with van der Waals surface area (Å²) in [5, 5.41) is 0.487. The fourth-order valence-corrected chi connectivity index (χ4v) is 1.43. The van der Waals surface area contributed by atoms with Crippen LogP contribution in [0.4, 0.5) is 4.39 Å². The summed E-state index contributed by atoms with van der Waals surface area (Å²) in [7, 11) is 1.54. The average molecular weight is 196 g/mol. The van der Waals surface area contributed by atoms with Gasteiger partial charge in [-0.1, -0.05) is 6.92 Å². The van der Waals surface area contributed by atoms with Gasteiger partial charge in [0.1, 0.15) is 11.4 Å². The lowest BCUT2D eigenvalue weighted by Crippen LogP contribution is -1.84. The SMILES string of the molecule is CCc1[nH]c2ncc(OC)cc2c1F.[HH]. The van der Waals surface area contributed by atoms with Crippen molar-refractivity contribution in [2.75, 3.05) is 7.11 Å². The molecular formula is C10H13FN2O. The van der Waals surface area contributed by atoms with E-state index in [9.17, 15) is 4.39 Å². The highest BCUT2D eigenvalue weighted by Crippen LogP contribution is 2.23. The van der Waals surface area contributed by atoms with Crippen molar-refractivity contribution in [2.24, 2.45) is 0 Å². The number of aromatic nitrogens is 2. The molecule has 2 aromatic rings. The standard InChI is InChI=1S/C10H11FN2O.H2/c1-3-8-9(11)7-4-6(14-2)5-12-10(7)13-8;/h4-5H,3H2,1-2H3,(H,12,13);1H. The summed E-state index contributed by atoms with van der Waals surface area (Å²) < 4.78 is 18.6. The van der Waals surface area contributed by atoms with E-state index in [0.29, 0.717) is 28.9 Å². The highest BCUT2D eigenvalue weighted by molar-refractivity contribution is 5.78. The number of ether oxygens (including phenoxy) is 1. The van der Waals surface area contributed by atoms with Crippen LogP contribution < -0.4 is 4.74 Å². The van der Waals surface area contributed by atoms with E-state index in [0.717, 1.165) is 0 Å². The molecule has 0 spiro atoms. The quantitative estimate of drug-likeness (QED) is 0.801. The summed E-state index contributed by atoms with van der Waals surface area (Å²) in [6.45, 7) is 1.89. The van der Waals surface area contributed by atoms with Crippen LogP contribution in [0.15, 0.2) is 12.3 Å². The molecule has 0 aliphatic heterocycles. The third kappa shape index (κ3) is 1.23. The van der Waals surface area contributed by atoms with Crippen LogP contribution in [0.5, 0.6) is 5.75 Å². The Bertz CT molecular complexity index is 470. The highest BCUT2D eigenvalue weighted by atomic mass is 19.1. The molecule has 0 bridgehead atoms. The second kappa shape index (κ2) is 3.29. The molecule has 4 heteroatoms. The first-order valence-corrected chi connectivity index (χ1v) is 4.46. The van der Waals surface area contributed by atoms with Crippen molar-refractivity contribution < 1.29 is 10.6 Å². The Kier molecular flexibility index (Phi) is 2.11. The van der Waals surface area contributed by atoms with Gasteiger partial charge in [-0.3, -0.25) is 0 Å². The summed E-state index contributed by atoms with van der Waals surface area (Å²) >= 11 is 0. The molecule has 0 aliphatic rings. The van der Waals surface area contributed by atoms with Gasteiger partial charge in [0, 0.05) is 1.43 Å². The summed E-state index contributed by atoms with van der Waals surface area (Å²) in [5.74, 6) is 0.340. The van der Waals surface area contributed by atoms with Gasteiger partial charge in [0.25, 0.3) is 0 Å². The molecule has 0 saturated heterocycles. The number of rotatable bonds is 2. The Hall–Kier alpha value is -1.58. The number of halogens is 1. The number of H-pyrrole nitrogens is 1. The first-order valence-electron chi connectivity index (χ1n) is 4.46. The molecule has 0 saturated carbocycles. The van der Waals surface area contributed by atoms with Crippen LogP contribution in [0.3, 0.4) is 0 Å². The van der Waals surface area contributed by atoms with Crippen molar-refractivity contribution in [3.63, 3.8) is 0 Å². The fourth-order valence-electron chi connectivity index (χ4n) is 1.43. The van der Waals surface area contributed by atoms with E-state index in [1.807, 2.05) is 6.92 Å². The van der Waals surface area contributed by atoms with Gasteiger partial charge in [-0.25, -0.2) is 9.37 Å². The molecule has 0 fully saturated rings. The molecule has 0 aliphatic carbocycles. The molecule has 0 unspecified atom stereocenters. The van der Waals surface area contributed by atoms with E-state index < -0.39 is 0 Å². The maximum atomic E-state index is 13.6. The lowest BCUT2D eigenvalue weighted by atomic mass is 10.2. The van der Waals surface area contributed by atoms with Gasteiger partial charge in [0.2, 0.25) is 0 Å². The number of methoxy groups -OCH3 is 1. The number of fused-ring (bicyclic) bond motifs is 1. The minimum absolute atomic E-state index is 0. The maximum Gasteiger partial charge on any atom is 0.153 e. The normalized spacial score (nSPS) is 10.8. The van der Waals surface area contributed by atoms with Crippen LogP contribution in [0.1, 0.15) is 14.0 Å². The first-order chi connectivity index (χ1) is 6.76. The van der Waals surface area contributed by atoms with Crippen LogP contribution in [-0.4, -0.2) is 17.1 Å². The molecule has 3 nitrogen and oxygen atoms in total. The molecule has 2 rings (SSSR count). The minimum Gasteiger partial charge on any atom is -0.495 e. The first kappa shape index (κ1) is 8.99. The highest BCUT2D eigenvalue weighted by Gasteiger charge is 2.11. The van der Waals surface area contributed by atoms with Gasteiger partial charge in [-0.2, -0.15) is 0 Å². The van der Waals surface area contributed by atoms with Gasteiger partial charge in [-0.05, 0) is 12.5 Å². The third-order valence-corrected chi connectivity index (χ3v) is 2.22. The zero-order chi connectivity index (χ0) is 10.1. The molecule has 0 radical (unpaired) electrons. The lowest BCUT2D eigenvalue weighted by Gasteiger charge is -1.96. The van der Waals surface area contributed by atoms with Crippen molar-refractivity contribution in [2.45, 2.75) is 13.3 Å². The second-order valence-corrected chi connectivity index (χ2v) is 3.04. The van der Waals surface area contributed by atoms with Crippen molar-refractivity contribution in [3.05, 3.63) is 23.8 Å². The van der Waals surface area contributed by atoms with Crippen molar-refractivity contribution in [1.29, 1.82) is 0 Å². The predicted octanol–water partition coefficient (Wildman–Crippen LogP) is 2.52. The number of nitrogens with one attached hydrogen (secondary N) is 1. The van der Waals surface area contributed by atoms with E-state index in [-0.39, 0.29) is 7.24 Å². The van der Waals surface area contributed by atoms with Crippen LogP contribution in [0.2, 0.25) is 0 Å². The van der Waals surface area contributed by atoms with E-state index in [4.69, 9.17) is 4.74 Å². The van der Waals surface area contributed by atoms with E-state index >= 15 is 0 Å². The van der Waals surface area contributed by atoms with Crippen LogP contribution in [0.25, 0.3) is 11.0 Å². The van der Waals surface area contributed by atoms with Gasteiger partial charge in [0.15, 0.2) is 5.82 Å². The second-order valence-electron chi connectivity index (χ2n) is 3.04. The number of pyridine rings is 1. The van der Waals surface area contributed by atoms with Crippen LogP contribution in [-0.2, 0) is 6.42 Å². The molecular weight excluding hydrogens is 183 g/mol. The zero-order valence-corrected chi connectivity index (χ0v) is 8.10. The molecule has 0 aromatic carbocycles. The van der Waals surface area contributed by atoms with Crippen LogP contribution in [0, 0.1) is 5.82 Å². The molecule has 76 valence electrons. The van der Waals surface area contributed by atoms with E-state index in [1.165, 1.54) is 7.11 Å². The Labute approximate surface area is 82.4 Å². The molecule has 2 aromatic heterocycles. The Morgan fingerprint density at radius 3 is 3.07 bits per heavy atom. The fraction of sp³-hybridized carbons (Fsp3) is 0.300. The van der Waals surface area contributed by atoms with Gasteiger partial charge >= 0.3 is 0 Å². The van der Waals surface area contributed by atoms with Gasteiger partial charge in [-0.15, -0.1) is 0 Å². The largest absolute Gasteiger partial charge is 0.495 e. The summed E-state index contributed by atoms with van der Waals surface area (Å²) in [4.78, 5) is 6.98. The topological polar surface area (TPSA) is 37.9 Å². The van der Waals surface area contributed by atoms with Crippen LogP contribution >= 0.6 is 0 Å². The lowest BCUT2D eigenvalue weighted by molar-refractivity contribution is 0.413. The molecule has 0 atom stereocenters.